The number of benzene rings is 1. The minimum Gasteiger partial charge on any atom is -0.494 e. The third kappa shape index (κ3) is 3.72. The number of rotatable bonds is 6. The van der Waals surface area contributed by atoms with E-state index in [2.05, 4.69) is 10.6 Å². The van der Waals surface area contributed by atoms with E-state index in [-0.39, 0.29) is 18.6 Å². The van der Waals surface area contributed by atoms with Crippen molar-refractivity contribution in [3.05, 3.63) is 23.8 Å². The molecule has 0 heterocycles. The summed E-state index contributed by atoms with van der Waals surface area (Å²) >= 11 is 0. The second-order valence-electron chi connectivity index (χ2n) is 3.91. The number of anilines is 1. The molecule has 0 fully saturated rings. The molecule has 1 aromatic rings. The Kier molecular flexibility index (Phi) is 5.61. The molecule has 0 aliphatic heterocycles. The maximum atomic E-state index is 11.7. The molecule has 0 aromatic heterocycles. The number of carbonyl (C=O) groups is 1. The summed E-state index contributed by atoms with van der Waals surface area (Å²) in [6, 6.07) is 4.94. The van der Waals surface area contributed by atoms with Crippen molar-refractivity contribution in [1.29, 1.82) is 0 Å². The number of aliphatic hydroxyl groups excluding tert-OH is 1. The molecule has 0 bridgehead atoms. The molecular weight excluding hydrogens is 232 g/mol. The number of likely N-dealkylation sites (N-methyl/N-ethyl adjacent to an activating group) is 1. The van der Waals surface area contributed by atoms with Crippen LogP contribution in [0.3, 0.4) is 0 Å². The zero-order chi connectivity index (χ0) is 13.5. The Morgan fingerprint density at radius 1 is 1.50 bits per heavy atom. The van der Waals surface area contributed by atoms with E-state index >= 15 is 0 Å². The largest absolute Gasteiger partial charge is 0.494 e. The van der Waals surface area contributed by atoms with Gasteiger partial charge in [-0.25, -0.2) is 0 Å². The first-order valence-corrected chi connectivity index (χ1v) is 5.97. The zero-order valence-corrected chi connectivity index (χ0v) is 11.0. The van der Waals surface area contributed by atoms with Gasteiger partial charge in [0.1, 0.15) is 5.75 Å². The van der Waals surface area contributed by atoms with E-state index in [1.807, 2.05) is 6.92 Å². The molecule has 0 radical (unpaired) electrons. The van der Waals surface area contributed by atoms with Gasteiger partial charge < -0.3 is 20.5 Å². The number of amides is 1. The van der Waals surface area contributed by atoms with Crippen LogP contribution >= 0.6 is 0 Å². The first kappa shape index (κ1) is 14.5. The predicted molar refractivity (Wildman–Crippen MR) is 70.7 cm³/mol. The van der Waals surface area contributed by atoms with Crippen LogP contribution in [0.25, 0.3) is 0 Å². The minimum absolute atomic E-state index is 0.120. The second-order valence-corrected chi connectivity index (χ2v) is 3.91. The van der Waals surface area contributed by atoms with Crippen molar-refractivity contribution in [2.24, 2.45) is 0 Å². The first-order valence-electron chi connectivity index (χ1n) is 5.97. The summed E-state index contributed by atoms with van der Waals surface area (Å²) in [6.07, 6.45) is 0. The number of hydrogen-bond donors (Lipinski definition) is 3. The van der Waals surface area contributed by atoms with Gasteiger partial charge in [0, 0.05) is 11.3 Å². The van der Waals surface area contributed by atoms with Crippen LogP contribution < -0.4 is 15.4 Å². The Morgan fingerprint density at radius 3 is 2.78 bits per heavy atom. The smallest absolute Gasteiger partial charge is 0.241 e. The van der Waals surface area contributed by atoms with Crippen LogP contribution in [0.4, 0.5) is 5.69 Å². The lowest BCUT2D eigenvalue weighted by Crippen LogP contribution is -2.35. The average molecular weight is 252 g/mol. The first-order chi connectivity index (χ1) is 8.62. The maximum Gasteiger partial charge on any atom is 0.241 e. The van der Waals surface area contributed by atoms with Gasteiger partial charge in [-0.2, -0.15) is 0 Å². The summed E-state index contributed by atoms with van der Waals surface area (Å²) in [5, 5.41) is 14.9. The standard InChI is InChI=1S/C13H20N2O3/c1-4-18-12-6-5-11(7-10(12)8-16)15-13(17)9(2)14-3/h5-7,9,14,16H,4,8H2,1-3H3,(H,15,17). The lowest BCUT2D eigenvalue weighted by atomic mass is 10.2. The van der Waals surface area contributed by atoms with Crippen LogP contribution in [-0.2, 0) is 11.4 Å². The highest BCUT2D eigenvalue weighted by atomic mass is 16.5. The molecule has 1 amide bonds. The molecule has 0 aliphatic rings. The van der Waals surface area contributed by atoms with E-state index in [1.165, 1.54) is 0 Å². The molecule has 5 nitrogen and oxygen atoms in total. The zero-order valence-electron chi connectivity index (χ0n) is 11.0. The van der Waals surface area contributed by atoms with Crippen molar-refractivity contribution in [3.63, 3.8) is 0 Å². The average Bonchev–Trinajstić information content (AvgIpc) is 2.39. The van der Waals surface area contributed by atoms with E-state index in [9.17, 15) is 9.90 Å². The number of ether oxygens (including phenoxy) is 1. The van der Waals surface area contributed by atoms with Gasteiger partial charge in [0.15, 0.2) is 0 Å². The van der Waals surface area contributed by atoms with Crippen molar-refractivity contribution in [3.8, 4) is 5.75 Å². The molecule has 3 N–H and O–H groups in total. The minimum atomic E-state index is -0.269. The molecule has 1 atom stereocenters. The lowest BCUT2D eigenvalue weighted by molar-refractivity contribution is -0.117. The molecule has 0 saturated heterocycles. The van der Waals surface area contributed by atoms with Gasteiger partial charge in [-0.3, -0.25) is 4.79 Å². The van der Waals surface area contributed by atoms with E-state index in [1.54, 1.807) is 32.2 Å². The number of nitrogens with one attached hydrogen (secondary N) is 2. The Labute approximate surface area is 107 Å². The summed E-state index contributed by atoms with van der Waals surface area (Å²) in [5.41, 5.74) is 1.31. The van der Waals surface area contributed by atoms with Gasteiger partial charge >= 0.3 is 0 Å². The van der Waals surface area contributed by atoms with Crippen LogP contribution in [-0.4, -0.2) is 30.7 Å². The van der Waals surface area contributed by atoms with Crippen LogP contribution in [0.15, 0.2) is 18.2 Å². The van der Waals surface area contributed by atoms with Crippen molar-refractivity contribution >= 4 is 11.6 Å². The fourth-order valence-electron chi connectivity index (χ4n) is 1.46. The van der Waals surface area contributed by atoms with E-state index in [4.69, 9.17) is 4.74 Å². The highest BCUT2D eigenvalue weighted by Gasteiger charge is 2.11. The molecule has 0 spiro atoms. The quantitative estimate of drug-likeness (QED) is 0.709. The van der Waals surface area contributed by atoms with Gasteiger partial charge in [0.2, 0.25) is 5.91 Å². The number of aliphatic hydroxyl groups is 1. The van der Waals surface area contributed by atoms with Crippen LogP contribution in [0.1, 0.15) is 19.4 Å². The van der Waals surface area contributed by atoms with Gasteiger partial charge in [0.25, 0.3) is 0 Å². The number of carbonyl (C=O) groups excluding carboxylic acids is 1. The van der Waals surface area contributed by atoms with Gasteiger partial charge in [-0.15, -0.1) is 0 Å². The monoisotopic (exact) mass is 252 g/mol. The molecular formula is C13H20N2O3. The summed E-state index contributed by atoms with van der Waals surface area (Å²) in [6.45, 7) is 4.07. The summed E-state index contributed by atoms with van der Waals surface area (Å²) in [4.78, 5) is 11.7. The molecule has 100 valence electrons. The Morgan fingerprint density at radius 2 is 2.22 bits per heavy atom. The topological polar surface area (TPSA) is 70.6 Å². The summed E-state index contributed by atoms with van der Waals surface area (Å²) in [5.74, 6) is 0.519. The third-order valence-corrected chi connectivity index (χ3v) is 2.62. The lowest BCUT2D eigenvalue weighted by Gasteiger charge is -2.13. The molecule has 0 aliphatic carbocycles. The van der Waals surface area contributed by atoms with Crippen molar-refractivity contribution in [1.82, 2.24) is 5.32 Å². The fourth-order valence-corrected chi connectivity index (χ4v) is 1.46. The second kappa shape index (κ2) is 6.98. The molecule has 1 unspecified atom stereocenters. The highest BCUT2D eigenvalue weighted by Crippen LogP contribution is 2.23. The Hall–Kier alpha value is -1.59. The molecule has 1 aromatic carbocycles. The van der Waals surface area contributed by atoms with Crippen LogP contribution in [0, 0.1) is 0 Å². The molecule has 0 saturated carbocycles. The SMILES string of the molecule is CCOc1ccc(NC(=O)C(C)NC)cc1CO. The van der Waals surface area contributed by atoms with Crippen molar-refractivity contribution < 1.29 is 14.6 Å². The van der Waals surface area contributed by atoms with Crippen molar-refractivity contribution in [2.75, 3.05) is 19.0 Å². The fraction of sp³-hybridized carbons (Fsp3) is 0.462. The summed E-state index contributed by atoms with van der Waals surface area (Å²) < 4.78 is 5.37. The molecule has 1 rings (SSSR count). The van der Waals surface area contributed by atoms with Gasteiger partial charge in [0.05, 0.1) is 19.3 Å². The van der Waals surface area contributed by atoms with Crippen molar-refractivity contribution in [2.45, 2.75) is 26.5 Å². The Balaban J connectivity index is 2.82. The normalized spacial score (nSPS) is 12.0. The third-order valence-electron chi connectivity index (χ3n) is 2.62. The maximum absolute atomic E-state index is 11.7. The molecule has 18 heavy (non-hydrogen) atoms. The summed E-state index contributed by atoms with van der Waals surface area (Å²) in [7, 11) is 1.72. The predicted octanol–water partition coefficient (Wildman–Crippen LogP) is 1.12. The number of hydrogen-bond acceptors (Lipinski definition) is 4. The highest BCUT2D eigenvalue weighted by molar-refractivity contribution is 5.94. The van der Waals surface area contributed by atoms with Crippen LogP contribution in [0.5, 0.6) is 5.75 Å². The Bertz CT molecular complexity index is 407. The van der Waals surface area contributed by atoms with E-state index < -0.39 is 0 Å². The van der Waals surface area contributed by atoms with E-state index in [0.717, 1.165) is 0 Å². The van der Waals surface area contributed by atoms with Gasteiger partial charge in [-0.05, 0) is 39.1 Å². The molecule has 5 heteroatoms. The van der Waals surface area contributed by atoms with Gasteiger partial charge in [-0.1, -0.05) is 0 Å². The van der Waals surface area contributed by atoms with Crippen LogP contribution in [0.2, 0.25) is 0 Å². The van der Waals surface area contributed by atoms with E-state index in [0.29, 0.717) is 23.6 Å².